The van der Waals surface area contributed by atoms with Crippen LogP contribution in [0.25, 0.3) is 0 Å². The average Bonchev–Trinajstić information content (AvgIpc) is 2.26. The third kappa shape index (κ3) is 3.60. The highest BCUT2D eigenvalue weighted by Crippen LogP contribution is 2.29. The predicted octanol–water partition coefficient (Wildman–Crippen LogP) is 2.35. The first kappa shape index (κ1) is 13.7. The van der Waals surface area contributed by atoms with Gasteiger partial charge in [0.05, 0.1) is 11.7 Å². The van der Waals surface area contributed by atoms with Gasteiger partial charge in [-0.25, -0.2) is 4.79 Å². The molecule has 1 fully saturated rings. The lowest BCUT2D eigenvalue weighted by Crippen LogP contribution is -2.48. The van der Waals surface area contributed by atoms with Gasteiger partial charge >= 0.3 is 12.2 Å². The zero-order chi connectivity index (χ0) is 14.0. The molecule has 3 N–H and O–H groups in total. The van der Waals surface area contributed by atoms with E-state index in [-0.39, 0.29) is 17.8 Å². The molecule has 0 bridgehead atoms. The van der Waals surface area contributed by atoms with Gasteiger partial charge in [0, 0.05) is 11.7 Å². The summed E-state index contributed by atoms with van der Waals surface area (Å²) in [7, 11) is 0. The van der Waals surface area contributed by atoms with Crippen LogP contribution < -0.4 is 10.6 Å². The number of carbonyl (C=O) groups excluding carboxylic acids is 1. The molecule has 4 nitrogen and oxygen atoms in total. The number of alkyl halides is 3. The Hall–Kier alpha value is -1.76. The summed E-state index contributed by atoms with van der Waals surface area (Å²) in [4.78, 5) is 11.5. The van der Waals surface area contributed by atoms with Crippen LogP contribution in [-0.2, 0) is 6.18 Å². The molecule has 104 valence electrons. The zero-order valence-corrected chi connectivity index (χ0v) is 9.87. The number of carbonyl (C=O) groups is 1. The smallest absolute Gasteiger partial charge is 0.393 e. The fraction of sp³-hybridized carbons (Fsp3) is 0.417. The summed E-state index contributed by atoms with van der Waals surface area (Å²) in [5.41, 5.74) is -0.481. The lowest BCUT2D eigenvalue weighted by molar-refractivity contribution is -0.137. The molecule has 0 saturated heterocycles. The lowest BCUT2D eigenvalue weighted by Gasteiger charge is -2.31. The van der Waals surface area contributed by atoms with Crippen molar-refractivity contribution in [3.63, 3.8) is 0 Å². The molecule has 1 aromatic carbocycles. The largest absolute Gasteiger partial charge is 0.416 e. The lowest BCUT2D eigenvalue weighted by atomic mass is 9.90. The Morgan fingerprint density at radius 2 is 1.79 bits per heavy atom. The van der Waals surface area contributed by atoms with E-state index in [0.717, 1.165) is 12.1 Å². The van der Waals surface area contributed by atoms with Crippen LogP contribution in [0.15, 0.2) is 24.3 Å². The Kier molecular flexibility index (Phi) is 3.66. The highest BCUT2D eigenvalue weighted by Gasteiger charge is 2.30. The van der Waals surface area contributed by atoms with E-state index in [1.54, 1.807) is 0 Å². The van der Waals surface area contributed by atoms with Crippen LogP contribution in [-0.4, -0.2) is 23.3 Å². The van der Waals surface area contributed by atoms with Crippen molar-refractivity contribution in [1.29, 1.82) is 0 Å². The summed E-state index contributed by atoms with van der Waals surface area (Å²) in [6, 6.07) is 3.63. The van der Waals surface area contributed by atoms with Crippen molar-refractivity contribution in [2.75, 3.05) is 5.32 Å². The summed E-state index contributed by atoms with van der Waals surface area (Å²) in [6.07, 6.45) is -3.76. The number of nitrogens with one attached hydrogen (secondary N) is 2. The van der Waals surface area contributed by atoms with Gasteiger partial charge < -0.3 is 15.7 Å². The number of benzene rings is 1. The van der Waals surface area contributed by atoms with E-state index in [2.05, 4.69) is 10.6 Å². The molecule has 2 amide bonds. The summed E-state index contributed by atoms with van der Waals surface area (Å²) in [5.74, 6) is 0. The van der Waals surface area contributed by atoms with E-state index in [1.807, 2.05) is 0 Å². The number of aliphatic hydroxyl groups is 1. The zero-order valence-electron chi connectivity index (χ0n) is 9.87. The molecule has 0 aromatic heterocycles. The van der Waals surface area contributed by atoms with Gasteiger partial charge in [-0.15, -0.1) is 0 Å². The number of halogens is 3. The van der Waals surface area contributed by atoms with Crippen LogP contribution >= 0.6 is 0 Å². The van der Waals surface area contributed by atoms with Crippen LogP contribution in [0.1, 0.15) is 18.4 Å². The molecule has 1 saturated carbocycles. The number of urea groups is 1. The summed E-state index contributed by atoms with van der Waals surface area (Å²) in [6.45, 7) is 0. The molecule has 1 aliphatic rings. The number of hydrogen-bond acceptors (Lipinski definition) is 2. The van der Waals surface area contributed by atoms with Crippen LogP contribution in [0.2, 0.25) is 0 Å². The second-order valence-electron chi connectivity index (χ2n) is 4.50. The number of rotatable bonds is 2. The first-order chi connectivity index (χ1) is 8.84. The number of amides is 2. The van der Waals surface area contributed by atoms with Gasteiger partial charge in [-0.1, -0.05) is 0 Å². The van der Waals surface area contributed by atoms with Crippen molar-refractivity contribution in [3.8, 4) is 0 Å². The maximum atomic E-state index is 12.3. The minimum atomic E-state index is -4.39. The Morgan fingerprint density at radius 3 is 2.26 bits per heavy atom. The molecule has 0 aliphatic heterocycles. The molecule has 2 rings (SSSR count). The molecule has 0 heterocycles. The number of hydrogen-bond donors (Lipinski definition) is 3. The first-order valence-corrected chi connectivity index (χ1v) is 5.77. The molecule has 0 radical (unpaired) electrons. The van der Waals surface area contributed by atoms with Gasteiger partial charge in [0.25, 0.3) is 0 Å². The van der Waals surface area contributed by atoms with Gasteiger partial charge in [-0.3, -0.25) is 0 Å². The van der Waals surface area contributed by atoms with Crippen molar-refractivity contribution in [3.05, 3.63) is 29.8 Å². The molecular formula is C12H13F3N2O2. The van der Waals surface area contributed by atoms with E-state index >= 15 is 0 Å². The maximum Gasteiger partial charge on any atom is 0.416 e. The molecular weight excluding hydrogens is 261 g/mol. The minimum absolute atomic E-state index is 0.0792. The number of anilines is 1. The van der Waals surface area contributed by atoms with Crippen LogP contribution in [0, 0.1) is 0 Å². The number of aliphatic hydroxyl groups excluding tert-OH is 1. The fourth-order valence-electron chi connectivity index (χ4n) is 1.80. The normalized spacial score (nSPS) is 22.5. The molecule has 0 spiro atoms. The van der Waals surface area contributed by atoms with E-state index in [0.29, 0.717) is 12.8 Å². The predicted molar refractivity (Wildman–Crippen MR) is 62.6 cm³/mol. The van der Waals surface area contributed by atoms with E-state index in [9.17, 15) is 18.0 Å². The topological polar surface area (TPSA) is 61.4 Å². The standard InChI is InChI=1S/C12H13F3N2O2/c13-12(14,15)7-1-3-8(4-2-7)16-11(19)17-9-5-10(18)6-9/h1-4,9-10,18H,5-6H2,(H2,16,17,19). The maximum absolute atomic E-state index is 12.3. The third-order valence-corrected chi connectivity index (χ3v) is 2.92. The molecule has 1 aromatic rings. The second-order valence-corrected chi connectivity index (χ2v) is 4.50. The van der Waals surface area contributed by atoms with Gasteiger partial charge in [0.1, 0.15) is 0 Å². The Bertz CT molecular complexity index is 453. The first-order valence-electron chi connectivity index (χ1n) is 5.77. The van der Waals surface area contributed by atoms with Crippen molar-refractivity contribution in [2.24, 2.45) is 0 Å². The molecule has 7 heteroatoms. The molecule has 0 atom stereocenters. The van der Waals surface area contributed by atoms with E-state index in [4.69, 9.17) is 5.11 Å². The van der Waals surface area contributed by atoms with Crippen molar-refractivity contribution >= 4 is 11.7 Å². The Balaban J connectivity index is 1.87. The second kappa shape index (κ2) is 5.08. The average molecular weight is 274 g/mol. The van der Waals surface area contributed by atoms with Gasteiger partial charge in [-0.2, -0.15) is 13.2 Å². The van der Waals surface area contributed by atoms with E-state index in [1.165, 1.54) is 12.1 Å². The molecule has 0 unspecified atom stereocenters. The fourth-order valence-corrected chi connectivity index (χ4v) is 1.80. The third-order valence-electron chi connectivity index (χ3n) is 2.92. The monoisotopic (exact) mass is 274 g/mol. The summed E-state index contributed by atoms with van der Waals surface area (Å²) < 4.78 is 37.0. The highest BCUT2D eigenvalue weighted by atomic mass is 19.4. The van der Waals surface area contributed by atoms with Gasteiger partial charge in [-0.05, 0) is 37.1 Å². The quantitative estimate of drug-likeness (QED) is 0.775. The van der Waals surface area contributed by atoms with Crippen LogP contribution in [0.4, 0.5) is 23.7 Å². The summed E-state index contributed by atoms with van der Waals surface area (Å²) >= 11 is 0. The highest BCUT2D eigenvalue weighted by molar-refractivity contribution is 5.89. The Morgan fingerprint density at radius 1 is 1.21 bits per heavy atom. The molecule has 19 heavy (non-hydrogen) atoms. The summed E-state index contributed by atoms with van der Waals surface area (Å²) in [5, 5.41) is 14.1. The van der Waals surface area contributed by atoms with Crippen molar-refractivity contribution < 1.29 is 23.1 Å². The Labute approximate surface area is 107 Å². The van der Waals surface area contributed by atoms with E-state index < -0.39 is 17.8 Å². The SMILES string of the molecule is O=C(Nc1ccc(C(F)(F)F)cc1)NC1CC(O)C1. The van der Waals surface area contributed by atoms with Crippen LogP contribution in [0.5, 0.6) is 0 Å². The van der Waals surface area contributed by atoms with Crippen molar-refractivity contribution in [1.82, 2.24) is 5.32 Å². The van der Waals surface area contributed by atoms with Gasteiger partial charge in [0.15, 0.2) is 0 Å². The van der Waals surface area contributed by atoms with Gasteiger partial charge in [0.2, 0.25) is 0 Å². The molecule has 1 aliphatic carbocycles. The minimum Gasteiger partial charge on any atom is -0.393 e. The van der Waals surface area contributed by atoms with Crippen molar-refractivity contribution in [2.45, 2.75) is 31.2 Å². The van der Waals surface area contributed by atoms with Crippen LogP contribution in [0.3, 0.4) is 0 Å².